The van der Waals surface area contributed by atoms with Gasteiger partial charge in [-0.25, -0.2) is 0 Å². The van der Waals surface area contributed by atoms with Crippen molar-refractivity contribution in [1.82, 2.24) is 5.32 Å². The third-order valence-electron chi connectivity index (χ3n) is 4.36. The molecule has 3 aromatic carbocycles. The van der Waals surface area contributed by atoms with Gasteiger partial charge in [-0.2, -0.15) is 0 Å². The van der Waals surface area contributed by atoms with E-state index in [1.807, 2.05) is 0 Å². The fourth-order valence-electron chi connectivity index (χ4n) is 3.08. The fraction of sp³-hybridized carbons (Fsp3) is 0.217. The molecular weight excluding hydrogens is 290 g/mol. The summed E-state index contributed by atoms with van der Waals surface area (Å²) >= 11 is 0. The van der Waals surface area contributed by atoms with Gasteiger partial charge in [-0.15, -0.1) is 0 Å². The van der Waals surface area contributed by atoms with Crippen molar-refractivity contribution in [3.8, 4) is 0 Å². The highest BCUT2D eigenvalue weighted by atomic mass is 14.9. The van der Waals surface area contributed by atoms with Crippen LogP contribution in [0.4, 0.5) is 0 Å². The zero-order chi connectivity index (χ0) is 16.9. The summed E-state index contributed by atoms with van der Waals surface area (Å²) in [5.74, 6) is 0. The second kappa shape index (κ2) is 7.46. The topological polar surface area (TPSA) is 12.0 Å². The first-order valence-electron chi connectivity index (χ1n) is 8.58. The zero-order valence-electron chi connectivity index (χ0n) is 14.7. The molecule has 0 heterocycles. The average molecular weight is 315 g/mol. The van der Waals surface area contributed by atoms with Crippen molar-refractivity contribution in [2.45, 2.75) is 32.9 Å². The number of allylic oxidation sites excluding steroid dienone is 1. The van der Waals surface area contributed by atoms with Crippen molar-refractivity contribution in [2.24, 2.45) is 0 Å². The van der Waals surface area contributed by atoms with Crippen molar-refractivity contribution in [3.05, 3.63) is 95.6 Å². The van der Waals surface area contributed by atoms with Gasteiger partial charge in [-0.1, -0.05) is 78.4 Å². The molecule has 0 bridgehead atoms. The van der Waals surface area contributed by atoms with Gasteiger partial charge in [0.25, 0.3) is 0 Å². The van der Waals surface area contributed by atoms with Crippen molar-refractivity contribution in [2.75, 3.05) is 0 Å². The van der Waals surface area contributed by atoms with E-state index >= 15 is 0 Å². The van der Waals surface area contributed by atoms with Gasteiger partial charge in [-0.3, -0.25) is 0 Å². The first-order chi connectivity index (χ1) is 11.6. The molecule has 122 valence electrons. The fourth-order valence-corrected chi connectivity index (χ4v) is 3.08. The predicted octanol–water partition coefficient (Wildman–Crippen LogP) is 6.20. The summed E-state index contributed by atoms with van der Waals surface area (Å²) in [5.41, 5.74) is 3.93. The standard InChI is InChI=1S/C23H25N/c1-17(2)15-23(24-18(3)19-9-5-4-6-10-19)22-14-13-20-11-7-8-12-21(20)16-22/h4-16,18,23-24H,1-3H3. The highest BCUT2D eigenvalue weighted by Crippen LogP contribution is 2.25. The Morgan fingerprint density at radius 1 is 0.792 bits per heavy atom. The first-order valence-corrected chi connectivity index (χ1v) is 8.58. The number of hydrogen-bond acceptors (Lipinski definition) is 1. The molecule has 0 aliphatic carbocycles. The lowest BCUT2D eigenvalue weighted by atomic mass is 9.98. The maximum atomic E-state index is 3.77. The molecule has 2 unspecified atom stereocenters. The maximum absolute atomic E-state index is 3.77. The SMILES string of the molecule is CC(C)=CC(NC(C)c1ccccc1)c1ccc2ccccc2c1. The summed E-state index contributed by atoms with van der Waals surface area (Å²) in [6, 6.07) is 26.4. The molecule has 0 spiro atoms. The third-order valence-corrected chi connectivity index (χ3v) is 4.36. The number of hydrogen-bond donors (Lipinski definition) is 1. The summed E-state index contributed by atoms with van der Waals surface area (Å²) in [5, 5.41) is 6.34. The number of benzene rings is 3. The number of fused-ring (bicyclic) bond motifs is 1. The second-order valence-electron chi connectivity index (χ2n) is 6.63. The summed E-state index contributed by atoms with van der Waals surface area (Å²) in [6.07, 6.45) is 2.31. The van der Waals surface area contributed by atoms with Crippen LogP contribution in [-0.2, 0) is 0 Å². The average Bonchev–Trinajstić information content (AvgIpc) is 2.61. The van der Waals surface area contributed by atoms with Crippen LogP contribution in [0.3, 0.4) is 0 Å². The van der Waals surface area contributed by atoms with E-state index in [-0.39, 0.29) is 6.04 Å². The van der Waals surface area contributed by atoms with Gasteiger partial charge in [0.05, 0.1) is 6.04 Å². The smallest absolute Gasteiger partial charge is 0.0513 e. The summed E-state index contributed by atoms with van der Waals surface area (Å²) in [7, 11) is 0. The molecule has 2 atom stereocenters. The molecule has 3 rings (SSSR count). The van der Waals surface area contributed by atoms with E-state index in [4.69, 9.17) is 0 Å². The van der Waals surface area contributed by atoms with Gasteiger partial charge in [0.1, 0.15) is 0 Å². The van der Waals surface area contributed by atoms with Crippen LogP contribution < -0.4 is 5.32 Å². The molecule has 0 aliphatic rings. The molecule has 0 saturated heterocycles. The predicted molar refractivity (Wildman–Crippen MR) is 104 cm³/mol. The lowest BCUT2D eigenvalue weighted by Crippen LogP contribution is -2.23. The van der Waals surface area contributed by atoms with Crippen molar-refractivity contribution < 1.29 is 0 Å². The van der Waals surface area contributed by atoms with E-state index in [1.165, 1.54) is 27.5 Å². The van der Waals surface area contributed by atoms with Crippen LogP contribution in [0.5, 0.6) is 0 Å². The molecule has 1 nitrogen and oxygen atoms in total. The van der Waals surface area contributed by atoms with Crippen LogP contribution in [0.15, 0.2) is 84.4 Å². The molecular formula is C23H25N. The van der Waals surface area contributed by atoms with E-state index in [1.54, 1.807) is 0 Å². The van der Waals surface area contributed by atoms with Crippen LogP contribution in [0, 0.1) is 0 Å². The van der Waals surface area contributed by atoms with Crippen LogP contribution in [0.25, 0.3) is 10.8 Å². The normalized spacial score (nSPS) is 13.5. The Morgan fingerprint density at radius 2 is 1.46 bits per heavy atom. The van der Waals surface area contributed by atoms with Crippen LogP contribution in [0.2, 0.25) is 0 Å². The molecule has 0 amide bonds. The molecule has 0 saturated carbocycles. The van der Waals surface area contributed by atoms with Crippen molar-refractivity contribution in [1.29, 1.82) is 0 Å². The van der Waals surface area contributed by atoms with Crippen LogP contribution in [0.1, 0.15) is 44.0 Å². The minimum Gasteiger partial charge on any atom is -0.300 e. The molecule has 3 aromatic rings. The molecule has 0 aliphatic heterocycles. The highest BCUT2D eigenvalue weighted by molar-refractivity contribution is 5.83. The lowest BCUT2D eigenvalue weighted by Gasteiger charge is -2.22. The zero-order valence-corrected chi connectivity index (χ0v) is 14.7. The Kier molecular flexibility index (Phi) is 5.12. The van der Waals surface area contributed by atoms with Crippen LogP contribution in [-0.4, -0.2) is 0 Å². The number of nitrogens with one attached hydrogen (secondary N) is 1. The Hall–Kier alpha value is -2.38. The van der Waals surface area contributed by atoms with Gasteiger partial charge in [0, 0.05) is 6.04 Å². The van der Waals surface area contributed by atoms with Gasteiger partial charge in [0.2, 0.25) is 0 Å². The minimum atomic E-state index is 0.204. The van der Waals surface area contributed by atoms with Gasteiger partial charge in [-0.05, 0) is 48.7 Å². The monoisotopic (exact) mass is 315 g/mol. The maximum Gasteiger partial charge on any atom is 0.0513 e. The molecule has 1 heteroatoms. The third kappa shape index (κ3) is 3.93. The van der Waals surface area contributed by atoms with Gasteiger partial charge < -0.3 is 5.32 Å². The summed E-state index contributed by atoms with van der Waals surface area (Å²) in [4.78, 5) is 0. The van der Waals surface area contributed by atoms with E-state index in [0.29, 0.717) is 6.04 Å². The van der Waals surface area contributed by atoms with Gasteiger partial charge >= 0.3 is 0 Å². The van der Waals surface area contributed by atoms with Gasteiger partial charge in [0.15, 0.2) is 0 Å². The largest absolute Gasteiger partial charge is 0.300 e. The first kappa shape index (κ1) is 16.5. The molecule has 24 heavy (non-hydrogen) atoms. The Labute approximate surface area is 145 Å². The lowest BCUT2D eigenvalue weighted by molar-refractivity contribution is 0.525. The number of rotatable bonds is 5. The van der Waals surface area contributed by atoms with Crippen LogP contribution >= 0.6 is 0 Å². The van der Waals surface area contributed by atoms with E-state index in [0.717, 1.165) is 0 Å². The molecule has 0 fully saturated rings. The molecule has 1 N–H and O–H groups in total. The Balaban J connectivity index is 1.92. The van der Waals surface area contributed by atoms with E-state index in [2.05, 4.69) is 105 Å². The van der Waals surface area contributed by atoms with Crippen molar-refractivity contribution >= 4 is 10.8 Å². The summed E-state index contributed by atoms with van der Waals surface area (Å²) in [6.45, 7) is 6.54. The quantitative estimate of drug-likeness (QED) is 0.553. The van der Waals surface area contributed by atoms with E-state index in [9.17, 15) is 0 Å². The second-order valence-corrected chi connectivity index (χ2v) is 6.63. The van der Waals surface area contributed by atoms with E-state index < -0.39 is 0 Å². The Bertz CT molecular complexity index is 829. The Morgan fingerprint density at radius 3 is 2.17 bits per heavy atom. The molecule has 0 aromatic heterocycles. The summed E-state index contributed by atoms with van der Waals surface area (Å²) < 4.78 is 0. The minimum absolute atomic E-state index is 0.204. The molecule has 0 radical (unpaired) electrons. The van der Waals surface area contributed by atoms with Crippen molar-refractivity contribution in [3.63, 3.8) is 0 Å². The highest BCUT2D eigenvalue weighted by Gasteiger charge is 2.13.